The maximum Gasteiger partial charge on any atom is 0.146 e. The van der Waals surface area contributed by atoms with E-state index in [2.05, 4.69) is 11.4 Å². The van der Waals surface area contributed by atoms with E-state index in [1.165, 1.54) is 5.56 Å². The average Bonchev–Trinajstić information content (AvgIpc) is 2.37. The number of anilines is 1. The summed E-state index contributed by atoms with van der Waals surface area (Å²) >= 11 is 6.20. The van der Waals surface area contributed by atoms with E-state index >= 15 is 0 Å². The van der Waals surface area contributed by atoms with Gasteiger partial charge in [0.05, 0.1) is 5.69 Å². The van der Waals surface area contributed by atoms with E-state index in [0.29, 0.717) is 17.6 Å². The Morgan fingerprint density at radius 2 is 1.90 bits per heavy atom. The third-order valence-corrected chi connectivity index (χ3v) is 4.31. The Morgan fingerprint density at radius 3 is 2.60 bits per heavy atom. The van der Waals surface area contributed by atoms with E-state index in [4.69, 9.17) is 11.6 Å². The number of aryl methyl sites for hydroxylation is 1. The Kier molecular flexibility index (Phi) is 3.66. The van der Waals surface area contributed by atoms with Gasteiger partial charge in [0, 0.05) is 11.1 Å². The molecule has 0 atom stereocenters. The Morgan fingerprint density at radius 1 is 1.15 bits per heavy atom. The lowest BCUT2D eigenvalue weighted by Crippen LogP contribution is -2.34. The van der Waals surface area contributed by atoms with Gasteiger partial charge in [0.15, 0.2) is 0 Å². The molecule has 0 bridgehead atoms. The van der Waals surface area contributed by atoms with Crippen molar-refractivity contribution in [3.63, 3.8) is 0 Å². The lowest BCUT2D eigenvalue weighted by Gasteiger charge is -2.37. The minimum absolute atomic E-state index is 0.175. The zero-order valence-corrected chi connectivity index (χ0v) is 12.1. The van der Waals surface area contributed by atoms with Gasteiger partial charge in [-0.1, -0.05) is 35.9 Å². The summed E-state index contributed by atoms with van der Waals surface area (Å²) in [5, 5.41) is 4.11. The Bertz CT molecular complexity index is 620. The Balaban J connectivity index is 1.62. The highest BCUT2D eigenvalue weighted by Crippen LogP contribution is 2.41. The van der Waals surface area contributed by atoms with E-state index in [9.17, 15) is 4.39 Å². The van der Waals surface area contributed by atoms with Crippen LogP contribution in [0.2, 0.25) is 5.02 Å². The lowest BCUT2D eigenvalue weighted by atomic mass is 9.76. The van der Waals surface area contributed by atoms with Crippen molar-refractivity contribution in [2.75, 3.05) is 5.32 Å². The minimum Gasteiger partial charge on any atom is -0.380 e. The third-order valence-electron chi connectivity index (χ3n) is 3.97. The van der Waals surface area contributed by atoms with Crippen LogP contribution < -0.4 is 5.32 Å². The molecule has 2 aromatic carbocycles. The first-order valence-corrected chi connectivity index (χ1v) is 7.28. The van der Waals surface area contributed by atoms with Gasteiger partial charge in [-0.3, -0.25) is 0 Å². The monoisotopic (exact) mass is 289 g/mol. The van der Waals surface area contributed by atoms with Crippen LogP contribution in [0.15, 0.2) is 42.5 Å². The first kappa shape index (κ1) is 13.4. The van der Waals surface area contributed by atoms with Crippen LogP contribution in [0.1, 0.15) is 29.9 Å². The summed E-state index contributed by atoms with van der Waals surface area (Å²) < 4.78 is 13.8. The average molecular weight is 290 g/mol. The fraction of sp³-hybridized carbons (Fsp3) is 0.294. The number of rotatable bonds is 3. The number of halogens is 2. The molecule has 0 amide bonds. The molecule has 1 N–H and O–H groups in total. The van der Waals surface area contributed by atoms with E-state index in [0.717, 1.165) is 23.4 Å². The topological polar surface area (TPSA) is 12.0 Å². The molecule has 0 saturated heterocycles. The molecular weight excluding hydrogens is 273 g/mol. The van der Waals surface area contributed by atoms with Gasteiger partial charge in [0.2, 0.25) is 0 Å². The summed E-state index contributed by atoms with van der Waals surface area (Å²) in [6, 6.07) is 13.6. The van der Waals surface area contributed by atoms with Crippen LogP contribution in [-0.2, 0) is 0 Å². The van der Waals surface area contributed by atoms with Crippen molar-refractivity contribution < 1.29 is 4.39 Å². The number of hydrogen-bond acceptors (Lipinski definition) is 1. The van der Waals surface area contributed by atoms with Crippen molar-refractivity contribution in [1.29, 1.82) is 0 Å². The Hall–Kier alpha value is -1.54. The highest BCUT2D eigenvalue weighted by Gasteiger charge is 2.31. The minimum atomic E-state index is -0.175. The third kappa shape index (κ3) is 2.66. The van der Waals surface area contributed by atoms with Crippen LogP contribution in [0.5, 0.6) is 0 Å². The molecule has 1 saturated carbocycles. The van der Waals surface area contributed by atoms with Crippen LogP contribution in [0, 0.1) is 12.7 Å². The molecule has 0 aromatic heterocycles. The van der Waals surface area contributed by atoms with E-state index < -0.39 is 0 Å². The van der Waals surface area contributed by atoms with Gasteiger partial charge in [-0.15, -0.1) is 0 Å². The molecule has 1 fully saturated rings. The highest BCUT2D eigenvalue weighted by atomic mass is 35.5. The first-order valence-electron chi connectivity index (χ1n) is 6.90. The van der Waals surface area contributed by atoms with E-state index in [-0.39, 0.29) is 5.82 Å². The molecule has 3 heteroatoms. The highest BCUT2D eigenvalue weighted by molar-refractivity contribution is 6.31. The summed E-state index contributed by atoms with van der Waals surface area (Å²) in [5.41, 5.74) is 2.74. The summed E-state index contributed by atoms with van der Waals surface area (Å²) in [4.78, 5) is 0. The number of benzene rings is 2. The van der Waals surface area contributed by atoms with Crippen molar-refractivity contribution in [2.45, 2.75) is 31.7 Å². The van der Waals surface area contributed by atoms with Gasteiger partial charge < -0.3 is 5.32 Å². The maximum absolute atomic E-state index is 13.8. The summed E-state index contributed by atoms with van der Waals surface area (Å²) in [5.74, 6) is 0.306. The quantitative estimate of drug-likeness (QED) is 0.824. The molecule has 0 unspecified atom stereocenters. The van der Waals surface area contributed by atoms with Gasteiger partial charge in [-0.25, -0.2) is 4.39 Å². The molecule has 3 rings (SSSR count). The van der Waals surface area contributed by atoms with Gasteiger partial charge in [-0.05, 0) is 55.0 Å². The summed E-state index contributed by atoms with van der Waals surface area (Å²) in [6.45, 7) is 1.89. The van der Waals surface area contributed by atoms with Crippen LogP contribution in [-0.4, -0.2) is 6.04 Å². The van der Waals surface area contributed by atoms with Gasteiger partial charge in [-0.2, -0.15) is 0 Å². The second-order valence-electron chi connectivity index (χ2n) is 5.51. The largest absolute Gasteiger partial charge is 0.380 e. The van der Waals surface area contributed by atoms with Crippen molar-refractivity contribution in [1.82, 2.24) is 0 Å². The Labute approximate surface area is 123 Å². The van der Waals surface area contributed by atoms with Gasteiger partial charge in [0.25, 0.3) is 0 Å². The summed E-state index contributed by atoms with van der Waals surface area (Å²) in [6.07, 6.45) is 1.99. The van der Waals surface area contributed by atoms with Crippen LogP contribution >= 0.6 is 11.6 Å². The van der Waals surface area contributed by atoms with Gasteiger partial charge in [0.1, 0.15) is 5.82 Å². The molecule has 0 radical (unpaired) electrons. The maximum atomic E-state index is 13.8. The van der Waals surface area contributed by atoms with Crippen LogP contribution in [0.25, 0.3) is 0 Å². The molecule has 2 aromatic rings. The predicted octanol–water partition coefficient (Wildman–Crippen LogP) is 5.15. The molecule has 0 heterocycles. The van der Waals surface area contributed by atoms with E-state index in [1.54, 1.807) is 6.07 Å². The molecule has 0 aliphatic heterocycles. The second kappa shape index (κ2) is 5.45. The SMILES string of the molecule is Cc1ccc(NC2CC(c3ccccc3Cl)C2)c(F)c1. The predicted molar refractivity (Wildman–Crippen MR) is 82.0 cm³/mol. The van der Waals surface area contributed by atoms with Crippen molar-refractivity contribution in [3.05, 3.63) is 64.4 Å². The fourth-order valence-corrected chi connectivity index (χ4v) is 3.04. The summed E-state index contributed by atoms with van der Waals surface area (Å²) in [7, 11) is 0. The standard InChI is InChI=1S/C17H17ClFN/c1-11-6-7-17(16(19)8-11)20-13-9-12(10-13)14-4-2-3-5-15(14)18/h2-8,12-13,20H,9-10H2,1H3. The molecule has 104 valence electrons. The smallest absolute Gasteiger partial charge is 0.146 e. The molecule has 1 nitrogen and oxygen atoms in total. The molecular formula is C17H17ClFN. The zero-order chi connectivity index (χ0) is 14.1. The molecule has 1 aliphatic rings. The van der Waals surface area contributed by atoms with Gasteiger partial charge >= 0.3 is 0 Å². The second-order valence-corrected chi connectivity index (χ2v) is 5.92. The number of hydrogen-bond donors (Lipinski definition) is 1. The molecule has 1 aliphatic carbocycles. The first-order chi connectivity index (χ1) is 9.63. The lowest BCUT2D eigenvalue weighted by molar-refractivity contribution is 0.373. The van der Waals surface area contributed by atoms with Crippen LogP contribution in [0.3, 0.4) is 0 Å². The fourth-order valence-electron chi connectivity index (χ4n) is 2.75. The van der Waals surface area contributed by atoms with Crippen molar-refractivity contribution in [2.24, 2.45) is 0 Å². The zero-order valence-electron chi connectivity index (χ0n) is 11.4. The normalized spacial score (nSPS) is 21.4. The van der Waals surface area contributed by atoms with E-state index in [1.807, 2.05) is 37.3 Å². The number of nitrogens with one attached hydrogen (secondary N) is 1. The van der Waals surface area contributed by atoms with Crippen molar-refractivity contribution >= 4 is 17.3 Å². The van der Waals surface area contributed by atoms with Crippen LogP contribution in [0.4, 0.5) is 10.1 Å². The van der Waals surface area contributed by atoms with Crippen molar-refractivity contribution in [3.8, 4) is 0 Å². The molecule has 20 heavy (non-hydrogen) atoms. The molecule has 0 spiro atoms.